The van der Waals surface area contributed by atoms with E-state index < -0.39 is 23.3 Å². The second-order valence-electron chi connectivity index (χ2n) is 3.27. The van der Waals surface area contributed by atoms with Crippen molar-refractivity contribution in [2.75, 3.05) is 6.61 Å². The molecule has 0 amide bonds. The Hall–Kier alpha value is -1.88. The van der Waals surface area contributed by atoms with Crippen molar-refractivity contribution in [2.45, 2.75) is 6.92 Å². The minimum absolute atomic E-state index is 0.00218. The standard InChI is InChI=1S/C12H10ClFO4/c1-2-18-12(17)11(16)6-10(15)7-3-8(13)5-9(14)4-7/h3-6,15H,2H2,1H3. The highest BCUT2D eigenvalue weighted by atomic mass is 35.5. The summed E-state index contributed by atoms with van der Waals surface area (Å²) in [4.78, 5) is 22.3. The molecule has 1 rings (SSSR count). The molecule has 0 saturated heterocycles. The number of carbonyl (C=O) groups is 2. The zero-order valence-corrected chi connectivity index (χ0v) is 10.2. The Morgan fingerprint density at radius 2 is 2.11 bits per heavy atom. The number of ketones is 1. The lowest BCUT2D eigenvalue weighted by Gasteiger charge is -2.02. The Labute approximate surface area is 108 Å². The minimum Gasteiger partial charge on any atom is -0.507 e. The smallest absolute Gasteiger partial charge is 0.379 e. The molecule has 0 spiro atoms. The van der Waals surface area contributed by atoms with Gasteiger partial charge in [0.05, 0.1) is 6.61 Å². The monoisotopic (exact) mass is 272 g/mol. The molecule has 18 heavy (non-hydrogen) atoms. The molecular formula is C12H10ClFO4. The van der Waals surface area contributed by atoms with Crippen LogP contribution in [0.4, 0.5) is 4.39 Å². The van der Waals surface area contributed by atoms with Crippen LogP contribution in [0.15, 0.2) is 24.3 Å². The van der Waals surface area contributed by atoms with Gasteiger partial charge in [0.25, 0.3) is 5.78 Å². The second kappa shape index (κ2) is 6.16. The van der Waals surface area contributed by atoms with Crippen LogP contribution >= 0.6 is 11.6 Å². The molecule has 0 aliphatic rings. The largest absolute Gasteiger partial charge is 0.507 e. The fourth-order valence-electron chi connectivity index (χ4n) is 1.17. The summed E-state index contributed by atoms with van der Waals surface area (Å²) in [6, 6.07) is 3.29. The van der Waals surface area contributed by atoms with E-state index in [1.54, 1.807) is 6.92 Å². The van der Waals surface area contributed by atoms with Gasteiger partial charge in [0, 0.05) is 16.7 Å². The van der Waals surface area contributed by atoms with Gasteiger partial charge in [0.2, 0.25) is 0 Å². The molecular weight excluding hydrogens is 263 g/mol. The molecule has 96 valence electrons. The van der Waals surface area contributed by atoms with E-state index in [1.807, 2.05) is 0 Å². The third-order valence-corrected chi connectivity index (χ3v) is 2.12. The highest BCUT2D eigenvalue weighted by Gasteiger charge is 2.14. The SMILES string of the molecule is CCOC(=O)C(=O)C=C(O)c1cc(F)cc(Cl)c1. The van der Waals surface area contributed by atoms with E-state index in [4.69, 9.17) is 11.6 Å². The number of hydrogen-bond acceptors (Lipinski definition) is 4. The molecule has 0 aliphatic carbocycles. The lowest BCUT2D eigenvalue weighted by atomic mass is 10.1. The maximum absolute atomic E-state index is 13.0. The summed E-state index contributed by atoms with van der Waals surface area (Å²) >= 11 is 5.59. The fourth-order valence-corrected chi connectivity index (χ4v) is 1.39. The van der Waals surface area contributed by atoms with Crippen LogP contribution in [-0.2, 0) is 14.3 Å². The quantitative estimate of drug-likeness (QED) is 0.396. The predicted molar refractivity (Wildman–Crippen MR) is 63.7 cm³/mol. The number of aliphatic hydroxyl groups is 1. The first-order valence-electron chi connectivity index (χ1n) is 5.02. The van der Waals surface area contributed by atoms with E-state index in [2.05, 4.69) is 4.74 Å². The van der Waals surface area contributed by atoms with Crippen molar-refractivity contribution in [1.29, 1.82) is 0 Å². The van der Waals surface area contributed by atoms with Crippen molar-refractivity contribution in [2.24, 2.45) is 0 Å². The summed E-state index contributed by atoms with van der Waals surface area (Å²) in [7, 11) is 0. The molecule has 0 fully saturated rings. The molecule has 0 heterocycles. The molecule has 0 aromatic heterocycles. The lowest BCUT2D eigenvalue weighted by Crippen LogP contribution is -2.15. The van der Waals surface area contributed by atoms with Gasteiger partial charge in [-0.3, -0.25) is 4.79 Å². The van der Waals surface area contributed by atoms with Gasteiger partial charge in [-0.15, -0.1) is 0 Å². The Bertz CT molecular complexity index is 491. The highest BCUT2D eigenvalue weighted by Crippen LogP contribution is 2.19. The van der Waals surface area contributed by atoms with Crippen LogP contribution in [0.1, 0.15) is 12.5 Å². The van der Waals surface area contributed by atoms with Crippen molar-refractivity contribution in [1.82, 2.24) is 0 Å². The van der Waals surface area contributed by atoms with Crippen molar-refractivity contribution >= 4 is 29.1 Å². The van der Waals surface area contributed by atoms with Crippen LogP contribution in [0.5, 0.6) is 0 Å². The fraction of sp³-hybridized carbons (Fsp3) is 0.167. The van der Waals surface area contributed by atoms with Crippen molar-refractivity contribution < 1.29 is 23.8 Å². The maximum atomic E-state index is 13.0. The third-order valence-electron chi connectivity index (χ3n) is 1.90. The van der Waals surface area contributed by atoms with Crippen LogP contribution in [0.2, 0.25) is 5.02 Å². The zero-order valence-electron chi connectivity index (χ0n) is 9.44. The molecule has 0 atom stereocenters. The van der Waals surface area contributed by atoms with Gasteiger partial charge in [-0.25, -0.2) is 9.18 Å². The zero-order chi connectivity index (χ0) is 13.7. The van der Waals surface area contributed by atoms with Gasteiger partial charge in [0.1, 0.15) is 11.6 Å². The first-order chi connectivity index (χ1) is 8.43. The van der Waals surface area contributed by atoms with E-state index >= 15 is 0 Å². The number of benzene rings is 1. The van der Waals surface area contributed by atoms with E-state index in [0.717, 1.165) is 12.1 Å². The van der Waals surface area contributed by atoms with Crippen molar-refractivity contribution in [3.63, 3.8) is 0 Å². The van der Waals surface area contributed by atoms with Gasteiger partial charge in [-0.2, -0.15) is 0 Å². The Morgan fingerprint density at radius 1 is 1.44 bits per heavy atom. The van der Waals surface area contributed by atoms with Gasteiger partial charge < -0.3 is 9.84 Å². The van der Waals surface area contributed by atoms with E-state index in [0.29, 0.717) is 6.08 Å². The van der Waals surface area contributed by atoms with Crippen LogP contribution in [0.3, 0.4) is 0 Å². The van der Waals surface area contributed by atoms with Crippen LogP contribution in [0, 0.1) is 5.82 Å². The third kappa shape index (κ3) is 3.85. The number of carbonyl (C=O) groups excluding carboxylic acids is 2. The van der Waals surface area contributed by atoms with E-state index in [9.17, 15) is 19.1 Å². The highest BCUT2D eigenvalue weighted by molar-refractivity contribution is 6.39. The number of aliphatic hydroxyl groups excluding tert-OH is 1. The number of esters is 1. The van der Waals surface area contributed by atoms with Crippen molar-refractivity contribution in [3.05, 3.63) is 40.7 Å². The molecule has 6 heteroatoms. The molecule has 0 saturated carbocycles. The Morgan fingerprint density at radius 3 is 2.67 bits per heavy atom. The molecule has 1 aromatic carbocycles. The first kappa shape index (κ1) is 14.2. The normalized spacial score (nSPS) is 11.2. The Balaban J connectivity index is 2.95. The summed E-state index contributed by atoms with van der Waals surface area (Å²) in [5.74, 6) is -3.35. The van der Waals surface area contributed by atoms with Crippen LogP contribution in [0.25, 0.3) is 5.76 Å². The number of ether oxygens (including phenoxy) is 1. The van der Waals surface area contributed by atoms with Crippen molar-refractivity contribution in [3.8, 4) is 0 Å². The minimum atomic E-state index is -1.09. The topological polar surface area (TPSA) is 63.6 Å². The molecule has 1 aromatic rings. The van der Waals surface area contributed by atoms with Gasteiger partial charge in [-0.1, -0.05) is 11.6 Å². The van der Waals surface area contributed by atoms with Gasteiger partial charge >= 0.3 is 5.97 Å². The Kier molecular flexibility index (Phi) is 4.85. The summed E-state index contributed by atoms with van der Waals surface area (Å²) in [5, 5.41) is 9.63. The van der Waals surface area contributed by atoms with Crippen LogP contribution < -0.4 is 0 Å². The number of hydrogen-bond donors (Lipinski definition) is 1. The average molecular weight is 273 g/mol. The molecule has 0 aliphatic heterocycles. The first-order valence-corrected chi connectivity index (χ1v) is 5.40. The number of rotatable bonds is 4. The molecule has 1 N–H and O–H groups in total. The van der Waals surface area contributed by atoms with E-state index in [1.165, 1.54) is 6.07 Å². The second-order valence-corrected chi connectivity index (χ2v) is 3.71. The molecule has 0 radical (unpaired) electrons. The number of halogens is 2. The van der Waals surface area contributed by atoms with Gasteiger partial charge in [0.15, 0.2) is 0 Å². The summed E-state index contributed by atoms with van der Waals surface area (Å²) in [6.07, 6.45) is 0.656. The predicted octanol–water partition coefficient (Wildman–Crippen LogP) is 2.51. The summed E-state index contributed by atoms with van der Waals surface area (Å²) in [6.45, 7) is 1.59. The summed E-state index contributed by atoms with van der Waals surface area (Å²) < 4.78 is 17.4. The van der Waals surface area contributed by atoms with Gasteiger partial charge in [-0.05, 0) is 25.1 Å². The summed E-state index contributed by atoms with van der Waals surface area (Å²) in [5.41, 5.74) is -0.00218. The molecule has 0 unspecified atom stereocenters. The molecule has 0 bridgehead atoms. The maximum Gasteiger partial charge on any atom is 0.379 e. The lowest BCUT2D eigenvalue weighted by molar-refractivity contribution is -0.151. The van der Waals surface area contributed by atoms with E-state index in [-0.39, 0.29) is 17.2 Å². The average Bonchev–Trinajstić information content (AvgIpc) is 2.27. The molecule has 4 nitrogen and oxygen atoms in total. The van der Waals surface area contributed by atoms with Crippen LogP contribution in [-0.4, -0.2) is 23.5 Å².